The van der Waals surface area contributed by atoms with E-state index >= 15 is 0 Å². The molecule has 104 valence electrons. The first-order valence-electron chi connectivity index (χ1n) is 6.16. The summed E-state index contributed by atoms with van der Waals surface area (Å²) in [5.74, 6) is -1.16. The Morgan fingerprint density at radius 1 is 1.42 bits per heavy atom. The van der Waals surface area contributed by atoms with Gasteiger partial charge in [0.15, 0.2) is 0 Å². The number of carbonyl (C=O) groups is 1. The summed E-state index contributed by atoms with van der Waals surface area (Å²) in [4.78, 5) is 23.2. The van der Waals surface area contributed by atoms with Gasteiger partial charge in [-0.2, -0.15) is 0 Å². The van der Waals surface area contributed by atoms with E-state index in [2.05, 4.69) is 0 Å². The molecule has 0 heterocycles. The third kappa shape index (κ3) is 3.21. The number of carboxylic acids is 1. The van der Waals surface area contributed by atoms with Crippen molar-refractivity contribution in [1.82, 2.24) is 0 Å². The van der Waals surface area contributed by atoms with Crippen LogP contribution in [0.15, 0.2) is 18.2 Å². The predicted octanol–water partition coefficient (Wildman–Crippen LogP) is 2.92. The van der Waals surface area contributed by atoms with Gasteiger partial charge in [0.05, 0.1) is 16.2 Å². The molecule has 0 aliphatic heterocycles. The number of benzene rings is 1. The minimum Gasteiger partial charge on any atom is -0.478 e. The molecule has 6 heteroatoms. The minimum absolute atomic E-state index is 0.0383. The van der Waals surface area contributed by atoms with Gasteiger partial charge >= 0.3 is 5.97 Å². The van der Waals surface area contributed by atoms with Crippen molar-refractivity contribution in [2.24, 2.45) is 0 Å². The molecule has 0 aromatic heterocycles. The Balaban J connectivity index is 3.27. The third-order valence-corrected chi connectivity index (χ3v) is 3.29. The van der Waals surface area contributed by atoms with E-state index in [1.165, 1.54) is 12.1 Å². The average Bonchev–Trinajstić information content (AvgIpc) is 2.39. The number of anilines is 1. The van der Waals surface area contributed by atoms with Crippen molar-refractivity contribution < 1.29 is 14.8 Å². The SMILES string of the molecule is CCC(CC)N(C)c1ccc([N+](=O)[O-])cc1C(=O)O. The maximum atomic E-state index is 11.3. The molecule has 19 heavy (non-hydrogen) atoms. The van der Waals surface area contributed by atoms with Crippen molar-refractivity contribution in [2.75, 3.05) is 11.9 Å². The summed E-state index contributed by atoms with van der Waals surface area (Å²) in [5, 5.41) is 19.9. The average molecular weight is 266 g/mol. The van der Waals surface area contributed by atoms with Gasteiger partial charge in [-0.1, -0.05) is 13.8 Å². The van der Waals surface area contributed by atoms with E-state index in [0.29, 0.717) is 5.69 Å². The standard InChI is InChI=1S/C13H18N2O4/c1-4-9(5-2)14(3)12-7-6-10(15(18)19)8-11(12)13(16)17/h6-9H,4-5H2,1-3H3,(H,16,17). The van der Waals surface area contributed by atoms with Crippen LogP contribution in [0.4, 0.5) is 11.4 Å². The number of non-ortho nitro benzene ring substituents is 1. The highest BCUT2D eigenvalue weighted by atomic mass is 16.6. The van der Waals surface area contributed by atoms with Gasteiger partial charge in [0.2, 0.25) is 0 Å². The Bertz CT molecular complexity index is 484. The van der Waals surface area contributed by atoms with E-state index in [1.54, 1.807) is 0 Å². The van der Waals surface area contributed by atoms with Crippen LogP contribution >= 0.6 is 0 Å². The second-order valence-corrected chi connectivity index (χ2v) is 4.34. The quantitative estimate of drug-likeness (QED) is 0.632. The lowest BCUT2D eigenvalue weighted by Gasteiger charge is -2.29. The van der Waals surface area contributed by atoms with Crippen LogP contribution in [0.25, 0.3) is 0 Å². The second-order valence-electron chi connectivity index (χ2n) is 4.34. The highest BCUT2D eigenvalue weighted by molar-refractivity contribution is 5.95. The first-order valence-corrected chi connectivity index (χ1v) is 6.16. The Labute approximate surface area is 111 Å². The summed E-state index contributed by atoms with van der Waals surface area (Å²) in [6, 6.07) is 4.15. The molecule has 0 spiro atoms. The van der Waals surface area contributed by atoms with Crippen LogP contribution in [0.1, 0.15) is 37.0 Å². The lowest BCUT2D eigenvalue weighted by molar-refractivity contribution is -0.384. The molecule has 0 atom stereocenters. The van der Waals surface area contributed by atoms with E-state index in [0.717, 1.165) is 18.9 Å². The topological polar surface area (TPSA) is 83.7 Å². The van der Waals surface area contributed by atoms with Crippen LogP contribution < -0.4 is 4.90 Å². The Hall–Kier alpha value is -2.11. The van der Waals surface area contributed by atoms with Gasteiger partial charge in [-0.25, -0.2) is 4.79 Å². The van der Waals surface area contributed by atoms with Crippen LogP contribution in [0.2, 0.25) is 0 Å². The fraction of sp³-hybridized carbons (Fsp3) is 0.462. The summed E-state index contributed by atoms with van der Waals surface area (Å²) in [6.07, 6.45) is 1.76. The molecule has 0 bridgehead atoms. The first kappa shape index (κ1) is 14.9. The molecule has 0 saturated carbocycles. The molecule has 1 rings (SSSR count). The zero-order valence-corrected chi connectivity index (χ0v) is 11.3. The highest BCUT2D eigenvalue weighted by Gasteiger charge is 2.21. The molecule has 0 unspecified atom stereocenters. The summed E-state index contributed by atoms with van der Waals surface area (Å²) >= 11 is 0. The van der Waals surface area contributed by atoms with E-state index in [9.17, 15) is 20.0 Å². The van der Waals surface area contributed by atoms with Gasteiger partial charge in [0, 0.05) is 25.2 Å². The summed E-state index contributed by atoms with van der Waals surface area (Å²) in [7, 11) is 1.81. The number of nitro benzene ring substituents is 1. The van der Waals surface area contributed by atoms with Gasteiger partial charge in [-0.15, -0.1) is 0 Å². The van der Waals surface area contributed by atoms with Crippen LogP contribution in [-0.2, 0) is 0 Å². The van der Waals surface area contributed by atoms with Crippen molar-refractivity contribution >= 4 is 17.3 Å². The molecular formula is C13H18N2O4. The lowest BCUT2D eigenvalue weighted by atomic mass is 10.1. The van der Waals surface area contributed by atoms with Crippen molar-refractivity contribution in [3.8, 4) is 0 Å². The second kappa shape index (κ2) is 6.17. The maximum absolute atomic E-state index is 11.3. The molecule has 1 aromatic carbocycles. The number of nitro groups is 1. The number of carboxylic acid groups (broad SMARTS) is 1. The van der Waals surface area contributed by atoms with E-state index < -0.39 is 10.9 Å². The highest BCUT2D eigenvalue weighted by Crippen LogP contribution is 2.27. The molecule has 1 N–H and O–H groups in total. The number of nitrogens with zero attached hydrogens (tertiary/aromatic N) is 2. The van der Waals surface area contributed by atoms with Crippen molar-refractivity contribution in [3.05, 3.63) is 33.9 Å². The van der Waals surface area contributed by atoms with Crippen molar-refractivity contribution in [1.29, 1.82) is 0 Å². The first-order chi connectivity index (χ1) is 8.92. The van der Waals surface area contributed by atoms with Crippen molar-refractivity contribution in [3.63, 3.8) is 0 Å². The van der Waals surface area contributed by atoms with Gasteiger partial charge in [-0.05, 0) is 18.9 Å². The molecule has 1 aromatic rings. The molecule has 0 fully saturated rings. The van der Waals surface area contributed by atoms with E-state index in [4.69, 9.17) is 0 Å². The molecule has 6 nitrogen and oxygen atoms in total. The molecular weight excluding hydrogens is 248 g/mol. The summed E-state index contributed by atoms with van der Waals surface area (Å²) in [6.45, 7) is 4.05. The zero-order valence-electron chi connectivity index (χ0n) is 11.3. The summed E-state index contributed by atoms with van der Waals surface area (Å²) < 4.78 is 0. The molecule has 0 radical (unpaired) electrons. The minimum atomic E-state index is -1.16. The number of rotatable bonds is 6. The largest absolute Gasteiger partial charge is 0.478 e. The number of hydrogen-bond donors (Lipinski definition) is 1. The summed E-state index contributed by atoms with van der Waals surface area (Å²) in [5.41, 5.74) is 0.259. The lowest BCUT2D eigenvalue weighted by Crippen LogP contribution is -2.31. The Morgan fingerprint density at radius 3 is 2.42 bits per heavy atom. The Morgan fingerprint density at radius 2 is 2.00 bits per heavy atom. The van der Waals surface area contributed by atoms with Crippen LogP contribution in [0, 0.1) is 10.1 Å². The fourth-order valence-electron chi connectivity index (χ4n) is 2.15. The van der Waals surface area contributed by atoms with Gasteiger partial charge in [-0.3, -0.25) is 10.1 Å². The predicted molar refractivity (Wildman–Crippen MR) is 72.8 cm³/mol. The molecule has 0 aliphatic rings. The molecule has 0 saturated heterocycles. The van der Waals surface area contributed by atoms with Gasteiger partial charge in [0.25, 0.3) is 5.69 Å². The number of aromatic carboxylic acids is 1. The van der Waals surface area contributed by atoms with Crippen molar-refractivity contribution in [2.45, 2.75) is 32.7 Å². The van der Waals surface area contributed by atoms with Crippen LogP contribution in [0.5, 0.6) is 0 Å². The molecule has 0 aliphatic carbocycles. The Kier molecular flexibility index (Phi) is 4.86. The van der Waals surface area contributed by atoms with Gasteiger partial charge < -0.3 is 10.0 Å². The van der Waals surface area contributed by atoms with E-state index in [-0.39, 0.29) is 17.3 Å². The van der Waals surface area contributed by atoms with Crippen LogP contribution in [-0.4, -0.2) is 29.1 Å². The third-order valence-electron chi connectivity index (χ3n) is 3.29. The maximum Gasteiger partial charge on any atom is 0.338 e. The number of hydrogen-bond acceptors (Lipinski definition) is 4. The van der Waals surface area contributed by atoms with Gasteiger partial charge in [0.1, 0.15) is 0 Å². The fourth-order valence-corrected chi connectivity index (χ4v) is 2.15. The van der Waals surface area contributed by atoms with Crippen LogP contribution in [0.3, 0.4) is 0 Å². The monoisotopic (exact) mass is 266 g/mol. The smallest absolute Gasteiger partial charge is 0.338 e. The normalized spacial score (nSPS) is 10.5. The van der Waals surface area contributed by atoms with E-state index in [1.807, 2.05) is 25.8 Å². The zero-order chi connectivity index (χ0) is 14.6. The molecule has 0 amide bonds.